The zero-order chi connectivity index (χ0) is 12.3. The lowest BCUT2D eigenvalue weighted by atomic mass is 10.1. The Morgan fingerprint density at radius 3 is 2.94 bits per heavy atom. The fraction of sp³-hybridized carbons (Fsp3) is 0.0909. The highest BCUT2D eigenvalue weighted by Crippen LogP contribution is 2.30. The Balaban J connectivity index is 2.53. The summed E-state index contributed by atoms with van der Waals surface area (Å²) in [5, 5.41) is 8.92. The number of methoxy groups -OCH3 is 1. The first-order chi connectivity index (χ1) is 8.26. The number of nitrogens with two attached hydrogens (primary N) is 1. The van der Waals surface area contributed by atoms with Crippen molar-refractivity contribution in [1.29, 1.82) is 0 Å². The topological polar surface area (TPSA) is 93.3 Å². The van der Waals surface area contributed by atoms with E-state index in [0.29, 0.717) is 22.8 Å². The molecule has 0 bridgehead atoms. The summed E-state index contributed by atoms with van der Waals surface area (Å²) in [6.07, 6.45) is 3.00. The predicted molar refractivity (Wildman–Crippen MR) is 63.8 cm³/mol. The smallest absolute Gasteiger partial charge is 0.163 e. The number of aromatic nitrogens is 2. The molecule has 88 valence electrons. The second-order valence-corrected chi connectivity index (χ2v) is 3.35. The van der Waals surface area contributed by atoms with Gasteiger partial charge >= 0.3 is 0 Å². The quantitative estimate of drug-likeness (QED) is 0.549. The van der Waals surface area contributed by atoms with Gasteiger partial charge in [-0.15, -0.1) is 0 Å². The Morgan fingerprint density at radius 1 is 1.41 bits per heavy atom. The van der Waals surface area contributed by atoms with Crippen molar-refractivity contribution >= 4 is 11.4 Å². The normalized spacial score (nSPS) is 10.0. The van der Waals surface area contributed by atoms with Crippen LogP contribution in [0, 0.1) is 0 Å². The molecule has 1 heterocycles. The molecule has 0 saturated carbocycles. The summed E-state index contributed by atoms with van der Waals surface area (Å²) in [5.41, 5.74) is 9.97. The second kappa shape index (κ2) is 4.67. The summed E-state index contributed by atoms with van der Waals surface area (Å²) in [6.45, 7) is 0. The van der Waals surface area contributed by atoms with E-state index in [0.717, 1.165) is 5.56 Å². The van der Waals surface area contributed by atoms with Crippen LogP contribution in [-0.4, -0.2) is 22.3 Å². The predicted octanol–water partition coefficient (Wildman–Crippen LogP) is 1.54. The van der Waals surface area contributed by atoms with Gasteiger partial charge in [0.05, 0.1) is 24.7 Å². The third-order valence-electron chi connectivity index (χ3n) is 2.35. The van der Waals surface area contributed by atoms with E-state index in [9.17, 15) is 0 Å². The Bertz CT molecular complexity index is 531. The molecule has 4 N–H and O–H groups in total. The Hall–Kier alpha value is -2.34. The largest absolute Gasteiger partial charge is 0.493 e. The molecule has 2 rings (SSSR count). The van der Waals surface area contributed by atoms with Gasteiger partial charge in [0.25, 0.3) is 0 Å². The molecule has 0 atom stereocenters. The van der Waals surface area contributed by atoms with Gasteiger partial charge < -0.3 is 10.5 Å². The van der Waals surface area contributed by atoms with Crippen LogP contribution in [0.5, 0.6) is 5.75 Å². The molecule has 6 nitrogen and oxygen atoms in total. The molecule has 0 aliphatic rings. The van der Waals surface area contributed by atoms with Crippen LogP contribution >= 0.6 is 0 Å². The molecule has 2 aromatic rings. The van der Waals surface area contributed by atoms with Crippen molar-refractivity contribution in [3.05, 3.63) is 30.7 Å². The third kappa shape index (κ3) is 2.11. The molecular weight excluding hydrogens is 220 g/mol. The lowest BCUT2D eigenvalue weighted by Crippen LogP contribution is -1.98. The lowest BCUT2D eigenvalue weighted by molar-refractivity contribution is 0.389. The van der Waals surface area contributed by atoms with Crippen LogP contribution in [0.15, 0.2) is 30.7 Å². The molecule has 0 unspecified atom stereocenters. The molecule has 0 spiro atoms. The van der Waals surface area contributed by atoms with E-state index < -0.39 is 0 Å². The van der Waals surface area contributed by atoms with E-state index >= 15 is 0 Å². The zero-order valence-corrected chi connectivity index (χ0v) is 9.21. The number of nitrogens with zero attached hydrogens (tertiary/aromatic N) is 2. The van der Waals surface area contributed by atoms with Crippen LogP contribution in [0.1, 0.15) is 0 Å². The SMILES string of the molecule is COc1cncnc1-c1ccc(N)c(NO)c1. The summed E-state index contributed by atoms with van der Waals surface area (Å²) in [6, 6.07) is 5.15. The molecule has 17 heavy (non-hydrogen) atoms. The van der Waals surface area contributed by atoms with Crippen LogP contribution < -0.4 is 16.0 Å². The van der Waals surface area contributed by atoms with Gasteiger partial charge in [0.2, 0.25) is 0 Å². The lowest BCUT2D eigenvalue weighted by Gasteiger charge is -2.09. The summed E-state index contributed by atoms with van der Waals surface area (Å²) in [7, 11) is 1.55. The van der Waals surface area contributed by atoms with Gasteiger partial charge in [-0.05, 0) is 12.1 Å². The Kier molecular flexibility index (Phi) is 3.06. The van der Waals surface area contributed by atoms with E-state index in [-0.39, 0.29) is 0 Å². The van der Waals surface area contributed by atoms with Crippen LogP contribution in [0.4, 0.5) is 11.4 Å². The molecular formula is C11H12N4O2. The van der Waals surface area contributed by atoms with E-state index in [1.165, 1.54) is 6.33 Å². The molecule has 0 aliphatic carbocycles. The van der Waals surface area contributed by atoms with Gasteiger partial charge in [0.1, 0.15) is 12.0 Å². The minimum atomic E-state index is 0.420. The highest BCUT2D eigenvalue weighted by Gasteiger charge is 2.09. The van der Waals surface area contributed by atoms with Crippen molar-refractivity contribution < 1.29 is 9.94 Å². The highest BCUT2D eigenvalue weighted by atomic mass is 16.5. The molecule has 0 aliphatic heterocycles. The van der Waals surface area contributed by atoms with E-state index in [2.05, 4.69) is 9.97 Å². The van der Waals surface area contributed by atoms with E-state index in [1.807, 2.05) is 5.48 Å². The van der Waals surface area contributed by atoms with Crippen LogP contribution in [0.2, 0.25) is 0 Å². The average Bonchev–Trinajstić information content (AvgIpc) is 2.39. The summed E-state index contributed by atoms with van der Waals surface area (Å²) in [4.78, 5) is 8.01. The summed E-state index contributed by atoms with van der Waals surface area (Å²) < 4.78 is 5.16. The minimum Gasteiger partial charge on any atom is -0.493 e. The van der Waals surface area contributed by atoms with Crippen molar-refractivity contribution in [1.82, 2.24) is 9.97 Å². The molecule has 0 saturated heterocycles. The number of benzene rings is 1. The van der Waals surface area contributed by atoms with Crippen LogP contribution in [-0.2, 0) is 0 Å². The summed E-state index contributed by atoms with van der Waals surface area (Å²) >= 11 is 0. The van der Waals surface area contributed by atoms with Crippen molar-refractivity contribution in [2.75, 3.05) is 18.3 Å². The third-order valence-corrected chi connectivity index (χ3v) is 2.35. The van der Waals surface area contributed by atoms with Crippen molar-refractivity contribution in [2.24, 2.45) is 0 Å². The summed E-state index contributed by atoms with van der Waals surface area (Å²) in [5.74, 6) is 0.557. The van der Waals surface area contributed by atoms with Gasteiger partial charge in [0.15, 0.2) is 5.75 Å². The van der Waals surface area contributed by atoms with Gasteiger partial charge in [-0.3, -0.25) is 10.7 Å². The van der Waals surface area contributed by atoms with Gasteiger partial charge in [-0.1, -0.05) is 6.07 Å². The second-order valence-electron chi connectivity index (χ2n) is 3.35. The minimum absolute atomic E-state index is 0.420. The fourth-order valence-electron chi connectivity index (χ4n) is 1.48. The van der Waals surface area contributed by atoms with Crippen molar-refractivity contribution in [3.8, 4) is 17.0 Å². The van der Waals surface area contributed by atoms with Crippen LogP contribution in [0.3, 0.4) is 0 Å². The maximum absolute atomic E-state index is 8.92. The number of hydrogen-bond acceptors (Lipinski definition) is 6. The van der Waals surface area contributed by atoms with E-state index in [1.54, 1.807) is 31.5 Å². The first kappa shape index (κ1) is 11.2. The zero-order valence-electron chi connectivity index (χ0n) is 9.21. The monoisotopic (exact) mass is 232 g/mol. The maximum Gasteiger partial charge on any atom is 0.163 e. The fourth-order valence-corrected chi connectivity index (χ4v) is 1.48. The number of nitrogens with one attached hydrogen (secondary N) is 1. The number of nitrogen functional groups attached to an aromatic ring is 1. The van der Waals surface area contributed by atoms with Gasteiger partial charge in [0, 0.05) is 5.56 Å². The number of hydrogen-bond donors (Lipinski definition) is 3. The van der Waals surface area contributed by atoms with Crippen molar-refractivity contribution in [2.45, 2.75) is 0 Å². The number of anilines is 2. The van der Waals surface area contributed by atoms with Crippen LogP contribution in [0.25, 0.3) is 11.3 Å². The Morgan fingerprint density at radius 2 is 2.24 bits per heavy atom. The Labute approximate surface area is 98.0 Å². The first-order valence-electron chi connectivity index (χ1n) is 4.90. The molecule has 6 heteroatoms. The first-order valence-corrected chi connectivity index (χ1v) is 4.90. The number of ether oxygens (including phenoxy) is 1. The van der Waals surface area contributed by atoms with E-state index in [4.69, 9.17) is 15.7 Å². The molecule has 0 fully saturated rings. The highest BCUT2D eigenvalue weighted by molar-refractivity contribution is 5.76. The van der Waals surface area contributed by atoms with Gasteiger partial charge in [-0.2, -0.15) is 0 Å². The molecule has 1 aromatic carbocycles. The number of rotatable bonds is 3. The van der Waals surface area contributed by atoms with Gasteiger partial charge in [-0.25, -0.2) is 9.97 Å². The van der Waals surface area contributed by atoms with Crippen molar-refractivity contribution in [3.63, 3.8) is 0 Å². The average molecular weight is 232 g/mol. The molecule has 0 radical (unpaired) electrons. The molecule has 1 aromatic heterocycles. The molecule has 0 amide bonds. The maximum atomic E-state index is 8.92. The standard InChI is InChI=1S/C11H12N4O2/c1-17-10-5-13-6-14-11(10)7-2-3-8(12)9(4-7)15-16/h2-6,15-16H,12H2,1H3.